The van der Waals surface area contributed by atoms with Crippen LogP contribution in [0.4, 0.5) is 0 Å². The standard InChI is InChI=1S/C21H25N3O5S2/c1-3-30(25,26)16-15-29-18-9-11-19(12-10-18)31(27,28)23-20(17-7-5-4-6-8-17)21-22-13-14-24(21)2/h4-14,20,23H,3,15-16H2,1-2H3. The van der Waals surface area contributed by atoms with Gasteiger partial charge in [-0.15, -0.1) is 0 Å². The molecule has 10 heteroatoms. The molecule has 1 aromatic heterocycles. The molecule has 0 bridgehead atoms. The van der Waals surface area contributed by atoms with Crippen LogP contribution < -0.4 is 9.46 Å². The number of sulfonamides is 1. The Morgan fingerprint density at radius 3 is 2.29 bits per heavy atom. The molecule has 3 rings (SSSR count). The van der Waals surface area contributed by atoms with Crippen molar-refractivity contribution in [3.05, 3.63) is 78.4 Å². The minimum absolute atomic E-state index is 0.00968. The number of hydrogen-bond donors (Lipinski definition) is 1. The third-order valence-corrected chi connectivity index (χ3v) is 7.87. The molecular weight excluding hydrogens is 438 g/mol. The maximum Gasteiger partial charge on any atom is 0.241 e. The van der Waals surface area contributed by atoms with Crippen LogP contribution in [0, 0.1) is 0 Å². The molecule has 0 amide bonds. The highest BCUT2D eigenvalue weighted by Crippen LogP contribution is 2.24. The number of ether oxygens (including phenoxy) is 1. The molecular formula is C21H25N3O5S2. The number of aryl methyl sites for hydroxylation is 1. The van der Waals surface area contributed by atoms with Crippen LogP contribution in [-0.2, 0) is 26.9 Å². The second-order valence-electron chi connectivity index (χ2n) is 6.92. The van der Waals surface area contributed by atoms with Gasteiger partial charge in [0.15, 0.2) is 9.84 Å². The van der Waals surface area contributed by atoms with E-state index >= 15 is 0 Å². The summed E-state index contributed by atoms with van der Waals surface area (Å²) in [6.07, 6.45) is 3.37. The van der Waals surface area contributed by atoms with Gasteiger partial charge in [-0.3, -0.25) is 0 Å². The third kappa shape index (κ3) is 5.93. The summed E-state index contributed by atoms with van der Waals surface area (Å²) in [6, 6.07) is 14.4. The lowest BCUT2D eigenvalue weighted by atomic mass is 10.1. The van der Waals surface area contributed by atoms with Crippen molar-refractivity contribution in [2.45, 2.75) is 17.9 Å². The van der Waals surface area contributed by atoms with Gasteiger partial charge in [-0.2, -0.15) is 4.72 Å². The van der Waals surface area contributed by atoms with Crippen molar-refractivity contribution in [2.75, 3.05) is 18.1 Å². The summed E-state index contributed by atoms with van der Waals surface area (Å²) >= 11 is 0. The van der Waals surface area contributed by atoms with Crippen LogP contribution in [0.5, 0.6) is 5.75 Å². The van der Waals surface area contributed by atoms with Crippen molar-refractivity contribution < 1.29 is 21.6 Å². The molecule has 0 aliphatic rings. The monoisotopic (exact) mass is 463 g/mol. The predicted octanol–water partition coefficient (Wildman–Crippen LogP) is 2.30. The van der Waals surface area contributed by atoms with E-state index in [1.807, 2.05) is 30.3 Å². The van der Waals surface area contributed by atoms with Gasteiger partial charge >= 0.3 is 0 Å². The fourth-order valence-corrected chi connectivity index (χ4v) is 4.75. The van der Waals surface area contributed by atoms with Gasteiger partial charge in [0.05, 0.1) is 10.6 Å². The number of benzene rings is 2. The highest BCUT2D eigenvalue weighted by atomic mass is 32.2. The molecule has 1 unspecified atom stereocenters. The third-order valence-electron chi connectivity index (χ3n) is 4.76. The SMILES string of the molecule is CCS(=O)(=O)CCOc1ccc(S(=O)(=O)NC(c2ccccc2)c2nccn2C)cc1. The lowest BCUT2D eigenvalue weighted by molar-refractivity contribution is 0.340. The summed E-state index contributed by atoms with van der Waals surface area (Å²) in [5.74, 6) is 0.923. The van der Waals surface area contributed by atoms with E-state index in [2.05, 4.69) is 9.71 Å². The van der Waals surface area contributed by atoms with Crippen molar-refractivity contribution in [3.63, 3.8) is 0 Å². The average Bonchev–Trinajstić information content (AvgIpc) is 3.18. The molecule has 31 heavy (non-hydrogen) atoms. The van der Waals surface area contributed by atoms with Crippen LogP contribution in [0.2, 0.25) is 0 Å². The second kappa shape index (κ2) is 9.63. The lowest BCUT2D eigenvalue weighted by Crippen LogP contribution is -2.31. The summed E-state index contributed by atoms with van der Waals surface area (Å²) in [5.41, 5.74) is 0.762. The Hall–Kier alpha value is -2.69. The number of hydrogen-bond acceptors (Lipinski definition) is 6. The van der Waals surface area contributed by atoms with Gasteiger partial charge in [-0.25, -0.2) is 21.8 Å². The van der Waals surface area contributed by atoms with E-state index in [0.717, 1.165) is 5.56 Å². The molecule has 0 radical (unpaired) electrons. The first-order chi connectivity index (χ1) is 14.7. The Kier molecular flexibility index (Phi) is 7.14. The first kappa shape index (κ1) is 23.0. The number of aromatic nitrogens is 2. The van der Waals surface area contributed by atoms with Crippen molar-refractivity contribution in [3.8, 4) is 5.75 Å². The number of rotatable bonds is 10. The van der Waals surface area contributed by atoms with Gasteiger partial charge in [0.25, 0.3) is 0 Å². The molecule has 1 N–H and O–H groups in total. The van der Waals surface area contributed by atoms with Crippen LogP contribution >= 0.6 is 0 Å². The zero-order valence-electron chi connectivity index (χ0n) is 17.3. The van der Waals surface area contributed by atoms with E-state index < -0.39 is 25.9 Å². The normalized spacial score (nSPS) is 13.1. The summed E-state index contributed by atoms with van der Waals surface area (Å²) in [6.45, 7) is 1.59. The van der Waals surface area contributed by atoms with Gasteiger partial charge < -0.3 is 9.30 Å². The van der Waals surface area contributed by atoms with Crippen molar-refractivity contribution in [1.29, 1.82) is 0 Å². The Balaban J connectivity index is 1.78. The smallest absolute Gasteiger partial charge is 0.241 e. The lowest BCUT2D eigenvalue weighted by Gasteiger charge is -2.19. The van der Waals surface area contributed by atoms with Crippen molar-refractivity contribution in [1.82, 2.24) is 14.3 Å². The number of nitrogens with zero attached hydrogens (tertiary/aromatic N) is 2. The largest absolute Gasteiger partial charge is 0.493 e. The zero-order valence-corrected chi connectivity index (χ0v) is 18.9. The first-order valence-electron chi connectivity index (χ1n) is 9.69. The molecule has 0 aliphatic carbocycles. The minimum Gasteiger partial charge on any atom is -0.493 e. The molecule has 1 heterocycles. The minimum atomic E-state index is -3.87. The molecule has 0 fully saturated rings. The maximum absolute atomic E-state index is 13.0. The molecule has 0 spiro atoms. The van der Waals surface area contributed by atoms with Crippen LogP contribution in [0.25, 0.3) is 0 Å². The summed E-state index contributed by atoms with van der Waals surface area (Å²) in [7, 11) is -5.19. The van der Waals surface area contributed by atoms with Gasteiger partial charge in [0, 0.05) is 25.2 Å². The van der Waals surface area contributed by atoms with Gasteiger partial charge in [-0.05, 0) is 29.8 Å². The van der Waals surface area contributed by atoms with Crippen molar-refractivity contribution in [2.24, 2.45) is 7.05 Å². The number of nitrogens with one attached hydrogen (secondary N) is 1. The Labute approximate surface area is 182 Å². The quantitative estimate of drug-likeness (QED) is 0.494. The molecule has 0 saturated heterocycles. The zero-order chi connectivity index (χ0) is 22.5. The molecule has 0 saturated carbocycles. The van der Waals surface area contributed by atoms with E-state index in [1.54, 1.807) is 30.9 Å². The van der Waals surface area contributed by atoms with Crippen LogP contribution in [0.1, 0.15) is 24.4 Å². The van der Waals surface area contributed by atoms with E-state index in [0.29, 0.717) is 11.6 Å². The fraction of sp³-hybridized carbons (Fsp3) is 0.286. The summed E-state index contributed by atoms with van der Waals surface area (Å²) < 4.78 is 59.1. The summed E-state index contributed by atoms with van der Waals surface area (Å²) in [5, 5.41) is 0. The van der Waals surface area contributed by atoms with E-state index in [-0.39, 0.29) is 23.0 Å². The van der Waals surface area contributed by atoms with Crippen LogP contribution in [0.3, 0.4) is 0 Å². The highest BCUT2D eigenvalue weighted by Gasteiger charge is 2.25. The summed E-state index contributed by atoms with van der Waals surface area (Å²) in [4.78, 5) is 4.38. The molecule has 3 aromatic rings. The topological polar surface area (TPSA) is 107 Å². The molecule has 0 aliphatic heterocycles. The highest BCUT2D eigenvalue weighted by molar-refractivity contribution is 7.91. The van der Waals surface area contributed by atoms with E-state index in [9.17, 15) is 16.8 Å². The Morgan fingerprint density at radius 2 is 1.71 bits per heavy atom. The Morgan fingerprint density at radius 1 is 1.03 bits per heavy atom. The van der Waals surface area contributed by atoms with Gasteiger partial charge in [0.2, 0.25) is 10.0 Å². The molecule has 166 valence electrons. The first-order valence-corrected chi connectivity index (χ1v) is 13.0. The van der Waals surface area contributed by atoms with Crippen molar-refractivity contribution >= 4 is 19.9 Å². The molecule has 2 aromatic carbocycles. The second-order valence-corrected chi connectivity index (χ2v) is 11.1. The maximum atomic E-state index is 13.0. The van der Waals surface area contributed by atoms with E-state index in [4.69, 9.17) is 4.74 Å². The van der Waals surface area contributed by atoms with Crippen LogP contribution in [-0.4, -0.2) is 44.5 Å². The van der Waals surface area contributed by atoms with Crippen LogP contribution in [0.15, 0.2) is 71.9 Å². The molecule has 8 nitrogen and oxygen atoms in total. The predicted molar refractivity (Wildman–Crippen MR) is 118 cm³/mol. The Bertz CT molecular complexity index is 1210. The fourth-order valence-electron chi connectivity index (χ4n) is 2.94. The average molecular weight is 464 g/mol. The number of sulfone groups is 1. The molecule has 1 atom stereocenters. The van der Waals surface area contributed by atoms with Gasteiger partial charge in [0.1, 0.15) is 24.2 Å². The van der Waals surface area contributed by atoms with E-state index in [1.165, 1.54) is 24.3 Å². The number of imidazole rings is 1. The van der Waals surface area contributed by atoms with Gasteiger partial charge in [-0.1, -0.05) is 37.3 Å².